The van der Waals surface area contributed by atoms with Crippen molar-refractivity contribution in [3.63, 3.8) is 0 Å². The van der Waals surface area contributed by atoms with Crippen LogP contribution in [0.15, 0.2) is 35.4 Å². The third kappa shape index (κ3) is 4.72. The van der Waals surface area contributed by atoms with Crippen molar-refractivity contribution in [2.45, 2.75) is 42.1 Å². The fourth-order valence-electron chi connectivity index (χ4n) is 3.73. The SMILES string of the molecule is CCc1c(C#N)c(SC(C=O)c2ccccc2)nc(N2CCC(O)(CO)CC2)c1C#N. The number of pyridine rings is 1. The van der Waals surface area contributed by atoms with Crippen LogP contribution < -0.4 is 4.90 Å². The Labute approximate surface area is 185 Å². The highest BCUT2D eigenvalue weighted by atomic mass is 32.2. The Balaban J connectivity index is 2.05. The Bertz CT molecular complexity index is 1020. The topological polar surface area (TPSA) is 121 Å². The van der Waals surface area contributed by atoms with Gasteiger partial charge in [-0.2, -0.15) is 10.5 Å². The summed E-state index contributed by atoms with van der Waals surface area (Å²) in [5.41, 5.74) is 0.956. The first kappa shape index (κ1) is 22.8. The monoisotopic (exact) mass is 436 g/mol. The lowest BCUT2D eigenvalue weighted by atomic mass is 9.92. The Morgan fingerprint density at radius 3 is 2.39 bits per heavy atom. The maximum Gasteiger partial charge on any atom is 0.148 e. The second-order valence-corrected chi connectivity index (χ2v) is 8.63. The van der Waals surface area contributed by atoms with E-state index in [0.29, 0.717) is 59.9 Å². The van der Waals surface area contributed by atoms with E-state index in [0.717, 1.165) is 11.8 Å². The third-order valence-corrected chi connectivity index (χ3v) is 6.76. The van der Waals surface area contributed by atoms with Crippen LogP contribution in [0, 0.1) is 22.7 Å². The van der Waals surface area contributed by atoms with Gasteiger partial charge in [-0.25, -0.2) is 4.98 Å². The number of thioether (sulfide) groups is 1. The van der Waals surface area contributed by atoms with Crippen molar-refractivity contribution < 1.29 is 15.0 Å². The van der Waals surface area contributed by atoms with Crippen LogP contribution >= 0.6 is 11.8 Å². The predicted molar refractivity (Wildman–Crippen MR) is 118 cm³/mol. The second-order valence-electron chi connectivity index (χ2n) is 7.50. The van der Waals surface area contributed by atoms with Crippen LogP contribution in [0.25, 0.3) is 0 Å². The molecular formula is C23H24N4O3S. The summed E-state index contributed by atoms with van der Waals surface area (Å²) in [6.07, 6.45) is 2.00. The summed E-state index contributed by atoms with van der Waals surface area (Å²) in [6, 6.07) is 13.7. The van der Waals surface area contributed by atoms with Crippen molar-refractivity contribution in [1.82, 2.24) is 4.98 Å². The summed E-state index contributed by atoms with van der Waals surface area (Å²) in [6.45, 7) is 2.41. The van der Waals surface area contributed by atoms with E-state index in [1.54, 1.807) is 0 Å². The minimum absolute atomic E-state index is 0.313. The number of aliphatic hydroxyl groups is 2. The van der Waals surface area contributed by atoms with E-state index in [4.69, 9.17) is 0 Å². The molecule has 1 saturated heterocycles. The molecule has 8 heteroatoms. The van der Waals surface area contributed by atoms with E-state index in [1.165, 1.54) is 11.8 Å². The zero-order valence-corrected chi connectivity index (χ0v) is 18.1. The third-order valence-electron chi connectivity index (χ3n) is 5.60. The summed E-state index contributed by atoms with van der Waals surface area (Å²) in [5.74, 6) is 0.457. The van der Waals surface area contributed by atoms with Crippen molar-refractivity contribution in [1.29, 1.82) is 10.5 Å². The number of carbonyl (C=O) groups excluding carboxylic acids is 1. The van der Waals surface area contributed by atoms with Gasteiger partial charge in [-0.15, -0.1) is 0 Å². The molecule has 0 radical (unpaired) electrons. The Kier molecular flexibility index (Phi) is 7.29. The number of anilines is 1. The molecular weight excluding hydrogens is 412 g/mol. The average molecular weight is 437 g/mol. The smallest absolute Gasteiger partial charge is 0.148 e. The normalized spacial score (nSPS) is 16.2. The van der Waals surface area contributed by atoms with Gasteiger partial charge >= 0.3 is 0 Å². The zero-order valence-electron chi connectivity index (χ0n) is 17.3. The molecule has 1 aliphatic rings. The first-order valence-electron chi connectivity index (χ1n) is 10.1. The van der Waals surface area contributed by atoms with Crippen molar-refractivity contribution in [3.8, 4) is 12.1 Å². The zero-order chi connectivity index (χ0) is 22.4. The molecule has 0 aliphatic carbocycles. The number of nitrogens with zero attached hydrogens (tertiary/aromatic N) is 4. The van der Waals surface area contributed by atoms with Crippen LogP contribution in [0.2, 0.25) is 0 Å². The molecule has 1 aromatic carbocycles. The first-order valence-corrected chi connectivity index (χ1v) is 11.0. The van der Waals surface area contributed by atoms with Gasteiger partial charge in [-0.05, 0) is 30.4 Å². The molecule has 1 aliphatic heterocycles. The number of hydrogen-bond donors (Lipinski definition) is 2. The van der Waals surface area contributed by atoms with E-state index in [9.17, 15) is 25.5 Å². The van der Waals surface area contributed by atoms with Gasteiger partial charge in [0.2, 0.25) is 0 Å². The van der Waals surface area contributed by atoms with Crippen LogP contribution in [0.5, 0.6) is 0 Å². The van der Waals surface area contributed by atoms with Crippen molar-refractivity contribution >= 4 is 23.9 Å². The molecule has 2 aromatic rings. The summed E-state index contributed by atoms with van der Waals surface area (Å²) in [4.78, 5) is 18.4. The molecule has 1 atom stereocenters. The van der Waals surface area contributed by atoms with Gasteiger partial charge in [0.1, 0.15) is 29.3 Å². The predicted octanol–water partition coefficient (Wildman–Crippen LogP) is 2.74. The van der Waals surface area contributed by atoms with Crippen molar-refractivity contribution in [3.05, 3.63) is 52.6 Å². The van der Waals surface area contributed by atoms with Gasteiger partial charge in [0.25, 0.3) is 0 Å². The van der Waals surface area contributed by atoms with Crippen LogP contribution in [-0.4, -0.2) is 46.8 Å². The molecule has 160 valence electrons. The van der Waals surface area contributed by atoms with Crippen molar-refractivity contribution in [2.24, 2.45) is 0 Å². The van der Waals surface area contributed by atoms with Gasteiger partial charge < -0.3 is 19.9 Å². The quantitative estimate of drug-likeness (QED) is 0.502. The maximum absolute atomic E-state index is 11.8. The molecule has 0 amide bonds. The Morgan fingerprint density at radius 2 is 1.87 bits per heavy atom. The Hall–Kier alpha value is -2.91. The highest BCUT2D eigenvalue weighted by molar-refractivity contribution is 8.00. The Morgan fingerprint density at radius 1 is 1.23 bits per heavy atom. The highest BCUT2D eigenvalue weighted by Crippen LogP contribution is 2.39. The molecule has 3 rings (SSSR count). The van der Waals surface area contributed by atoms with E-state index < -0.39 is 10.9 Å². The van der Waals surface area contributed by atoms with E-state index >= 15 is 0 Å². The fraction of sp³-hybridized carbons (Fsp3) is 0.391. The van der Waals surface area contributed by atoms with Gasteiger partial charge in [-0.3, -0.25) is 0 Å². The van der Waals surface area contributed by atoms with Gasteiger partial charge in [0.15, 0.2) is 0 Å². The van der Waals surface area contributed by atoms with Crippen LogP contribution in [-0.2, 0) is 11.2 Å². The van der Waals surface area contributed by atoms with E-state index in [-0.39, 0.29) is 6.61 Å². The lowest BCUT2D eigenvalue weighted by Crippen LogP contribution is -2.47. The maximum atomic E-state index is 11.8. The number of piperidine rings is 1. The summed E-state index contributed by atoms with van der Waals surface area (Å²) >= 11 is 1.20. The summed E-state index contributed by atoms with van der Waals surface area (Å²) in [7, 11) is 0. The van der Waals surface area contributed by atoms with E-state index in [1.807, 2.05) is 42.2 Å². The number of carbonyl (C=O) groups is 1. The van der Waals surface area contributed by atoms with Crippen LogP contribution in [0.4, 0.5) is 5.82 Å². The molecule has 7 nitrogen and oxygen atoms in total. The highest BCUT2D eigenvalue weighted by Gasteiger charge is 2.34. The standard InChI is InChI=1S/C23H24N4O3S/c1-2-17-18(12-24)21(27-10-8-23(30,15-29)9-11-27)26-22(19(17)13-25)31-20(14-28)16-6-4-3-5-7-16/h3-7,14,20,29-30H,2,8-11,15H2,1H3. The lowest BCUT2D eigenvalue weighted by molar-refractivity contribution is -0.107. The molecule has 1 unspecified atom stereocenters. The molecule has 2 heterocycles. The molecule has 0 saturated carbocycles. The lowest BCUT2D eigenvalue weighted by Gasteiger charge is -2.38. The molecule has 1 fully saturated rings. The molecule has 1 aromatic heterocycles. The van der Waals surface area contributed by atoms with Gasteiger partial charge in [-0.1, -0.05) is 49.0 Å². The number of nitriles is 2. The number of aliphatic hydroxyl groups excluding tert-OH is 1. The summed E-state index contributed by atoms with van der Waals surface area (Å²) in [5, 5.41) is 39.3. The van der Waals surface area contributed by atoms with Crippen LogP contribution in [0.1, 0.15) is 47.3 Å². The number of aldehydes is 1. The molecule has 2 N–H and O–H groups in total. The minimum atomic E-state index is -1.13. The number of hydrogen-bond acceptors (Lipinski definition) is 8. The number of benzene rings is 1. The van der Waals surface area contributed by atoms with Gasteiger partial charge in [0.05, 0.1) is 28.6 Å². The largest absolute Gasteiger partial charge is 0.393 e. The van der Waals surface area contributed by atoms with Crippen molar-refractivity contribution in [2.75, 3.05) is 24.6 Å². The molecule has 0 spiro atoms. The fourth-order valence-corrected chi connectivity index (χ4v) is 4.74. The molecule has 0 bridgehead atoms. The minimum Gasteiger partial charge on any atom is -0.393 e. The number of aromatic nitrogens is 1. The summed E-state index contributed by atoms with van der Waals surface area (Å²) < 4.78 is 0. The van der Waals surface area contributed by atoms with Crippen LogP contribution in [0.3, 0.4) is 0 Å². The first-order chi connectivity index (χ1) is 15.0. The number of rotatable bonds is 7. The van der Waals surface area contributed by atoms with Gasteiger partial charge in [0, 0.05) is 13.1 Å². The second kappa shape index (κ2) is 9.93. The molecule has 31 heavy (non-hydrogen) atoms. The average Bonchev–Trinajstić information content (AvgIpc) is 2.82. The van der Waals surface area contributed by atoms with E-state index in [2.05, 4.69) is 17.1 Å².